The van der Waals surface area contributed by atoms with E-state index in [2.05, 4.69) is 15.3 Å². The molecule has 0 aliphatic rings. The Morgan fingerprint density at radius 3 is 2.30 bits per heavy atom. The minimum absolute atomic E-state index is 0.00937. The van der Waals surface area contributed by atoms with Crippen molar-refractivity contribution >= 4 is 21.5 Å². The fourth-order valence-electron chi connectivity index (χ4n) is 1.73. The highest BCUT2D eigenvalue weighted by molar-refractivity contribution is 7.91. The molecule has 0 saturated heterocycles. The number of hydrogen-bond acceptors (Lipinski definition) is 7. The lowest BCUT2D eigenvalue weighted by Gasteiger charge is -2.09. The molecule has 2 rings (SSSR count). The van der Waals surface area contributed by atoms with Crippen LogP contribution in [-0.4, -0.2) is 48.7 Å². The number of sulfone groups is 1. The van der Waals surface area contributed by atoms with Crippen LogP contribution in [0, 0.1) is 6.92 Å². The average molecular weight is 296 g/mol. The van der Waals surface area contributed by atoms with Crippen LogP contribution in [0.15, 0.2) is 17.0 Å². The van der Waals surface area contributed by atoms with E-state index < -0.39 is 9.84 Å². The zero-order valence-electron chi connectivity index (χ0n) is 11.7. The summed E-state index contributed by atoms with van der Waals surface area (Å²) in [7, 11) is -0.111. The maximum absolute atomic E-state index is 11.9. The smallest absolute Gasteiger partial charge is 0.182 e. The van der Waals surface area contributed by atoms with Crippen LogP contribution in [0.3, 0.4) is 0 Å². The summed E-state index contributed by atoms with van der Waals surface area (Å²) >= 11 is 0. The first kappa shape index (κ1) is 14.3. The molecule has 0 unspecified atom stereocenters. The zero-order chi connectivity index (χ0) is 15.1. The van der Waals surface area contributed by atoms with Gasteiger partial charge >= 0.3 is 0 Å². The first-order valence-corrected chi connectivity index (χ1v) is 7.67. The third kappa shape index (κ3) is 2.44. The van der Waals surface area contributed by atoms with E-state index in [9.17, 15) is 8.42 Å². The number of nitrogens with zero attached hydrogens (tertiary/aromatic N) is 5. The maximum Gasteiger partial charge on any atom is 0.182 e. The Balaban J connectivity index is 2.71. The molecule has 0 bridgehead atoms. The van der Waals surface area contributed by atoms with Gasteiger partial charge in [0.25, 0.3) is 0 Å². The van der Waals surface area contributed by atoms with E-state index in [-0.39, 0.29) is 16.5 Å². The van der Waals surface area contributed by atoms with Crippen molar-refractivity contribution in [1.29, 1.82) is 0 Å². The van der Waals surface area contributed by atoms with Gasteiger partial charge in [-0.05, 0) is 19.1 Å². The Morgan fingerprint density at radius 2 is 1.90 bits per heavy atom. The lowest BCUT2D eigenvalue weighted by Crippen LogP contribution is -2.13. The fourth-order valence-corrected chi connectivity index (χ4v) is 2.75. The molecule has 0 amide bonds. The quantitative estimate of drug-likeness (QED) is 0.851. The summed E-state index contributed by atoms with van der Waals surface area (Å²) in [5, 5.41) is 12.1. The minimum Gasteiger partial charge on any atom is -0.382 e. The largest absolute Gasteiger partial charge is 0.382 e. The summed E-state index contributed by atoms with van der Waals surface area (Å²) in [4.78, 5) is 1.58. The third-order valence-electron chi connectivity index (χ3n) is 2.65. The van der Waals surface area contributed by atoms with E-state index in [1.165, 1.54) is 4.68 Å². The number of nitrogens with two attached hydrogens (primary N) is 1. The molecule has 20 heavy (non-hydrogen) atoms. The predicted molar refractivity (Wildman–Crippen MR) is 75.7 cm³/mol. The molecule has 0 atom stereocenters. The number of rotatable bonds is 3. The summed E-state index contributed by atoms with van der Waals surface area (Å²) in [5.41, 5.74) is 6.67. The molecule has 0 aliphatic carbocycles. The van der Waals surface area contributed by atoms with Gasteiger partial charge in [0.2, 0.25) is 0 Å². The van der Waals surface area contributed by atoms with Crippen molar-refractivity contribution in [3.8, 4) is 5.82 Å². The van der Waals surface area contributed by atoms with Crippen molar-refractivity contribution in [3.05, 3.63) is 17.8 Å². The number of anilines is 2. The van der Waals surface area contributed by atoms with Gasteiger partial charge in [0, 0.05) is 20.4 Å². The molecule has 8 nitrogen and oxygen atoms in total. The molecule has 0 fully saturated rings. The second kappa shape index (κ2) is 4.75. The van der Waals surface area contributed by atoms with E-state index in [1.807, 2.05) is 0 Å². The molecule has 2 N–H and O–H groups in total. The Labute approximate surface area is 117 Å². The first-order valence-electron chi connectivity index (χ1n) is 5.78. The molecule has 0 radical (unpaired) electrons. The first-order chi connectivity index (χ1) is 9.21. The standard InChI is InChI=1S/C11H16N6O2S/c1-7-5-6-8(14-13-7)17-10(12)9(20(4,18)19)11(15-17)16(2)3/h5-6H,12H2,1-4H3. The topological polar surface area (TPSA) is 107 Å². The van der Waals surface area contributed by atoms with Crippen LogP contribution in [0.2, 0.25) is 0 Å². The average Bonchev–Trinajstić information content (AvgIpc) is 2.68. The Bertz CT molecular complexity index is 733. The van der Waals surface area contributed by atoms with Crippen LogP contribution in [0.4, 0.5) is 11.6 Å². The van der Waals surface area contributed by atoms with E-state index in [0.717, 1.165) is 11.9 Å². The molecule has 2 heterocycles. The van der Waals surface area contributed by atoms with Gasteiger partial charge in [0.15, 0.2) is 26.4 Å². The highest BCUT2D eigenvalue weighted by Crippen LogP contribution is 2.30. The maximum atomic E-state index is 11.9. The highest BCUT2D eigenvalue weighted by Gasteiger charge is 2.26. The SMILES string of the molecule is Cc1ccc(-n2nc(N(C)C)c(S(C)(=O)=O)c2N)nn1. The van der Waals surface area contributed by atoms with Crippen molar-refractivity contribution < 1.29 is 8.42 Å². The van der Waals surface area contributed by atoms with Crippen molar-refractivity contribution in [1.82, 2.24) is 20.0 Å². The molecule has 0 saturated carbocycles. The number of nitrogen functional groups attached to an aromatic ring is 1. The van der Waals surface area contributed by atoms with Crippen LogP contribution in [-0.2, 0) is 9.84 Å². The van der Waals surface area contributed by atoms with Gasteiger partial charge in [0.1, 0.15) is 5.82 Å². The van der Waals surface area contributed by atoms with E-state index in [1.54, 1.807) is 38.1 Å². The van der Waals surface area contributed by atoms with Gasteiger partial charge in [-0.25, -0.2) is 8.42 Å². The lowest BCUT2D eigenvalue weighted by atomic mass is 10.4. The van der Waals surface area contributed by atoms with Gasteiger partial charge in [-0.15, -0.1) is 10.2 Å². The van der Waals surface area contributed by atoms with Gasteiger partial charge < -0.3 is 10.6 Å². The summed E-state index contributed by atoms with van der Waals surface area (Å²) in [6.45, 7) is 1.80. The van der Waals surface area contributed by atoms with E-state index >= 15 is 0 Å². The Morgan fingerprint density at radius 1 is 1.25 bits per heavy atom. The van der Waals surface area contributed by atoms with Crippen LogP contribution in [0.5, 0.6) is 0 Å². The second-order valence-electron chi connectivity index (χ2n) is 4.65. The van der Waals surface area contributed by atoms with Gasteiger partial charge in [-0.2, -0.15) is 9.78 Å². The van der Waals surface area contributed by atoms with E-state index in [0.29, 0.717) is 5.82 Å². The molecule has 2 aromatic heterocycles. The van der Waals surface area contributed by atoms with Crippen molar-refractivity contribution in [2.75, 3.05) is 31.0 Å². The Kier molecular flexibility index (Phi) is 3.38. The van der Waals surface area contributed by atoms with Crippen molar-refractivity contribution in [3.63, 3.8) is 0 Å². The summed E-state index contributed by atoms with van der Waals surface area (Å²) in [6.07, 6.45) is 1.10. The van der Waals surface area contributed by atoms with Crippen molar-refractivity contribution in [2.24, 2.45) is 0 Å². The predicted octanol–water partition coefficient (Wildman–Crippen LogP) is 0.0224. The van der Waals surface area contributed by atoms with Gasteiger partial charge in [-0.1, -0.05) is 0 Å². The molecular formula is C11H16N6O2S. The molecule has 0 spiro atoms. The second-order valence-corrected chi connectivity index (χ2v) is 6.60. The summed E-state index contributed by atoms with van der Waals surface area (Å²) in [6, 6.07) is 3.43. The van der Waals surface area contributed by atoms with Crippen LogP contribution < -0.4 is 10.6 Å². The van der Waals surface area contributed by atoms with E-state index in [4.69, 9.17) is 5.73 Å². The zero-order valence-corrected chi connectivity index (χ0v) is 12.5. The normalized spacial score (nSPS) is 11.6. The molecule has 0 aromatic carbocycles. The number of hydrogen-bond donors (Lipinski definition) is 1. The molecule has 9 heteroatoms. The van der Waals surface area contributed by atoms with Crippen LogP contribution in [0.1, 0.15) is 5.69 Å². The molecule has 0 aliphatic heterocycles. The minimum atomic E-state index is -3.50. The molecule has 2 aromatic rings. The highest BCUT2D eigenvalue weighted by atomic mass is 32.2. The number of aryl methyl sites for hydroxylation is 1. The van der Waals surface area contributed by atoms with Gasteiger partial charge in [0.05, 0.1) is 5.69 Å². The monoisotopic (exact) mass is 296 g/mol. The lowest BCUT2D eigenvalue weighted by molar-refractivity contribution is 0.602. The Hall–Kier alpha value is -2.16. The van der Waals surface area contributed by atoms with Crippen LogP contribution in [0.25, 0.3) is 5.82 Å². The summed E-state index contributed by atoms with van der Waals surface area (Å²) in [5.74, 6) is 0.660. The molecular weight excluding hydrogens is 280 g/mol. The van der Waals surface area contributed by atoms with Crippen molar-refractivity contribution in [2.45, 2.75) is 11.8 Å². The van der Waals surface area contributed by atoms with Crippen LogP contribution >= 0.6 is 0 Å². The fraction of sp³-hybridized carbons (Fsp3) is 0.364. The number of aromatic nitrogens is 4. The summed E-state index contributed by atoms with van der Waals surface area (Å²) < 4.78 is 25.0. The third-order valence-corrected chi connectivity index (χ3v) is 3.79. The molecule has 108 valence electrons. The van der Waals surface area contributed by atoms with Gasteiger partial charge in [-0.3, -0.25) is 0 Å².